The number of hydrazone groups is 1. The molecule has 27 heavy (non-hydrogen) atoms. The number of nitrogens with zero attached hydrogens (tertiary/aromatic N) is 1. The standard InChI is InChI=1S/C21H22N2O4/c1-2-15-26-21(25)18-10-12-19(13-11-18)27-16-20(24)23-22-14-6-9-17-7-4-3-5-8-17/h3-14H,2,15-16H2,1H3,(H,23,24)/b9-6+,22-14+. The molecule has 140 valence electrons. The lowest BCUT2D eigenvalue weighted by atomic mass is 10.2. The summed E-state index contributed by atoms with van der Waals surface area (Å²) >= 11 is 0. The van der Waals surface area contributed by atoms with Gasteiger partial charge in [0.05, 0.1) is 12.2 Å². The van der Waals surface area contributed by atoms with E-state index in [1.165, 1.54) is 6.21 Å². The number of allylic oxidation sites excluding steroid dienone is 1. The zero-order chi connectivity index (χ0) is 19.3. The number of carbonyl (C=O) groups is 2. The topological polar surface area (TPSA) is 77.0 Å². The number of ether oxygens (including phenoxy) is 2. The van der Waals surface area contributed by atoms with Crippen LogP contribution in [-0.4, -0.2) is 31.3 Å². The number of rotatable bonds is 9. The van der Waals surface area contributed by atoms with Crippen LogP contribution in [0.25, 0.3) is 6.08 Å². The Morgan fingerprint density at radius 3 is 2.52 bits per heavy atom. The van der Waals surface area contributed by atoms with Gasteiger partial charge in [0.15, 0.2) is 6.61 Å². The first-order valence-electron chi connectivity index (χ1n) is 8.62. The van der Waals surface area contributed by atoms with E-state index in [1.54, 1.807) is 30.3 Å². The van der Waals surface area contributed by atoms with Crippen molar-refractivity contribution in [3.63, 3.8) is 0 Å². The Balaban J connectivity index is 1.71. The van der Waals surface area contributed by atoms with Gasteiger partial charge in [-0.1, -0.05) is 43.3 Å². The molecule has 2 aromatic rings. The van der Waals surface area contributed by atoms with Crippen molar-refractivity contribution in [1.29, 1.82) is 0 Å². The second-order valence-corrected chi connectivity index (χ2v) is 5.53. The molecule has 6 nitrogen and oxygen atoms in total. The van der Waals surface area contributed by atoms with Crippen LogP contribution in [0, 0.1) is 0 Å². The van der Waals surface area contributed by atoms with Gasteiger partial charge >= 0.3 is 5.97 Å². The van der Waals surface area contributed by atoms with Gasteiger partial charge in [-0.25, -0.2) is 10.2 Å². The summed E-state index contributed by atoms with van der Waals surface area (Å²) in [6.45, 7) is 2.14. The fourth-order valence-corrected chi connectivity index (χ4v) is 2.02. The predicted octanol–water partition coefficient (Wildman–Crippen LogP) is 3.45. The van der Waals surface area contributed by atoms with Gasteiger partial charge in [0.1, 0.15) is 5.75 Å². The van der Waals surface area contributed by atoms with Gasteiger partial charge in [0.25, 0.3) is 5.91 Å². The van der Waals surface area contributed by atoms with Crippen molar-refractivity contribution in [2.45, 2.75) is 13.3 Å². The minimum Gasteiger partial charge on any atom is -0.484 e. The predicted molar refractivity (Wildman–Crippen MR) is 105 cm³/mol. The van der Waals surface area contributed by atoms with Crippen LogP contribution in [-0.2, 0) is 9.53 Å². The number of nitrogens with one attached hydrogen (secondary N) is 1. The van der Waals surface area contributed by atoms with Crippen LogP contribution in [0.4, 0.5) is 0 Å². The van der Waals surface area contributed by atoms with Gasteiger partial charge in [-0.05, 0) is 42.3 Å². The van der Waals surface area contributed by atoms with Crippen LogP contribution >= 0.6 is 0 Å². The van der Waals surface area contributed by atoms with E-state index in [-0.39, 0.29) is 18.5 Å². The maximum Gasteiger partial charge on any atom is 0.338 e. The minimum atomic E-state index is -0.384. The first-order chi connectivity index (χ1) is 13.2. The van der Waals surface area contributed by atoms with Gasteiger partial charge in [0.2, 0.25) is 0 Å². The molecule has 0 heterocycles. The van der Waals surface area contributed by atoms with Crippen LogP contribution in [0.3, 0.4) is 0 Å². The van der Waals surface area contributed by atoms with E-state index in [0.29, 0.717) is 17.9 Å². The second kappa shape index (κ2) is 11.3. The Morgan fingerprint density at radius 1 is 1.07 bits per heavy atom. The molecule has 0 radical (unpaired) electrons. The Labute approximate surface area is 158 Å². The third-order valence-electron chi connectivity index (χ3n) is 3.34. The summed E-state index contributed by atoms with van der Waals surface area (Å²) in [7, 11) is 0. The molecule has 0 saturated carbocycles. The molecular weight excluding hydrogens is 344 g/mol. The van der Waals surface area contributed by atoms with Crippen molar-refractivity contribution in [2.24, 2.45) is 5.10 Å². The zero-order valence-corrected chi connectivity index (χ0v) is 15.1. The normalized spacial score (nSPS) is 10.9. The highest BCUT2D eigenvalue weighted by Gasteiger charge is 2.07. The van der Waals surface area contributed by atoms with Crippen LogP contribution < -0.4 is 10.2 Å². The van der Waals surface area contributed by atoms with Crippen LogP contribution in [0.15, 0.2) is 65.8 Å². The molecule has 0 aliphatic rings. The highest BCUT2D eigenvalue weighted by atomic mass is 16.5. The lowest BCUT2D eigenvalue weighted by Gasteiger charge is -2.06. The molecule has 0 aromatic heterocycles. The third kappa shape index (κ3) is 7.56. The minimum absolute atomic E-state index is 0.181. The summed E-state index contributed by atoms with van der Waals surface area (Å²) in [5, 5.41) is 3.81. The molecular formula is C21H22N2O4. The summed E-state index contributed by atoms with van der Waals surface area (Å²) in [6, 6.07) is 16.2. The molecule has 0 saturated heterocycles. The van der Waals surface area contributed by atoms with Crippen LogP contribution in [0.5, 0.6) is 5.75 Å². The zero-order valence-electron chi connectivity index (χ0n) is 15.1. The molecule has 2 rings (SSSR count). The lowest BCUT2D eigenvalue weighted by molar-refractivity contribution is -0.123. The molecule has 0 spiro atoms. The molecule has 0 fully saturated rings. The molecule has 0 atom stereocenters. The van der Waals surface area contributed by atoms with Crippen LogP contribution in [0.1, 0.15) is 29.3 Å². The third-order valence-corrected chi connectivity index (χ3v) is 3.34. The van der Waals surface area contributed by atoms with Gasteiger partial charge in [-0.15, -0.1) is 0 Å². The second-order valence-electron chi connectivity index (χ2n) is 5.53. The van der Waals surface area contributed by atoms with Gasteiger partial charge in [0, 0.05) is 6.21 Å². The van der Waals surface area contributed by atoms with Crippen molar-refractivity contribution < 1.29 is 19.1 Å². The molecule has 1 amide bonds. The number of carbonyl (C=O) groups excluding carboxylic acids is 2. The fraction of sp³-hybridized carbons (Fsp3) is 0.190. The molecule has 0 bridgehead atoms. The summed E-state index contributed by atoms with van der Waals surface area (Å²) in [5.41, 5.74) is 3.85. The Morgan fingerprint density at radius 2 is 1.81 bits per heavy atom. The smallest absolute Gasteiger partial charge is 0.338 e. The van der Waals surface area contributed by atoms with Crippen molar-refractivity contribution >= 4 is 24.2 Å². The molecule has 0 unspecified atom stereocenters. The highest BCUT2D eigenvalue weighted by Crippen LogP contribution is 2.13. The average Bonchev–Trinajstić information content (AvgIpc) is 2.71. The number of benzene rings is 2. The van der Waals surface area contributed by atoms with E-state index < -0.39 is 0 Å². The van der Waals surface area contributed by atoms with E-state index in [4.69, 9.17) is 9.47 Å². The number of hydrogen-bond donors (Lipinski definition) is 1. The van der Waals surface area contributed by atoms with Crippen molar-refractivity contribution in [3.8, 4) is 5.75 Å². The molecule has 1 N–H and O–H groups in total. The molecule has 6 heteroatoms. The lowest BCUT2D eigenvalue weighted by Crippen LogP contribution is -2.24. The van der Waals surface area contributed by atoms with Crippen molar-refractivity contribution in [1.82, 2.24) is 5.43 Å². The van der Waals surface area contributed by atoms with Gasteiger partial charge in [-0.2, -0.15) is 5.10 Å². The Bertz CT molecular complexity index is 784. The van der Waals surface area contributed by atoms with E-state index in [2.05, 4.69) is 10.5 Å². The highest BCUT2D eigenvalue weighted by molar-refractivity contribution is 5.89. The van der Waals surface area contributed by atoms with E-state index in [9.17, 15) is 9.59 Å². The summed E-state index contributed by atoms with van der Waals surface area (Å²) in [6.07, 6.45) is 5.86. The van der Waals surface area contributed by atoms with Gasteiger partial charge < -0.3 is 9.47 Å². The van der Waals surface area contributed by atoms with E-state index in [1.807, 2.05) is 43.3 Å². The van der Waals surface area contributed by atoms with Crippen molar-refractivity contribution in [3.05, 3.63) is 71.8 Å². The summed E-state index contributed by atoms with van der Waals surface area (Å²) in [4.78, 5) is 23.4. The first kappa shape index (κ1) is 19.9. The van der Waals surface area contributed by atoms with Gasteiger partial charge in [-0.3, -0.25) is 4.79 Å². The maximum atomic E-state index is 11.7. The quantitative estimate of drug-likeness (QED) is 0.419. The van der Waals surface area contributed by atoms with Crippen molar-refractivity contribution in [2.75, 3.05) is 13.2 Å². The Hall–Kier alpha value is -3.41. The molecule has 0 aliphatic heterocycles. The number of amides is 1. The summed E-state index contributed by atoms with van der Waals surface area (Å²) in [5.74, 6) is -0.282. The van der Waals surface area contributed by atoms with Crippen LogP contribution in [0.2, 0.25) is 0 Å². The number of hydrogen-bond acceptors (Lipinski definition) is 5. The SMILES string of the molecule is CCCOC(=O)c1ccc(OCC(=O)N/N=C/C=C/c2ccccc2)cc1. The summed E-state index contributed by atoms with van der Waals surface area (Å²) < 4.78 is 10.4. The maximum absolute atomic E-state index is 11.7. The fourth-order valence-electron chi connectivity index (χ4n) is 2.02. The molecule has 2 aromatic carbocycles. The van der Waals surface area contributed by atoms with E-state index >= 15 is 0 Å². The Kier molecular flexibility index (Phi) is 8.30. The van der Waals surface area contributed by atoms with E-state index in [0.717, 1.165) is 12.0 Å². The average molecular weight is 366 g/mol. The first-order valence-corrected chi connectivity index (χ1v) is 8.62. The number of esters is 1. The molecule has 0 aliphatic carbocycles. The monoisotopic (exact) mass is 366 g/mol. The largest absolute Gasteiger partial charge is 0.484 e.